The van der Waals surface area contributed by atoms with Gasteiger partial charge in [-0.05, 0) is 68.0 Å². The van der Waals surface area contributed by atoms with Gasteiger partial charge in [-0.3, -0.25) is 9.97 Å². The Morgan fingerprint density at radius 2 is 1.89 bits per heavy atom. The van der Waals surface area contributed by atoms with E-state index in [0.29, 0.717) is 6.04 Å². The molecule has 27 heavy (non-hydrogen) atoms. The van der Waals surface area contributed by atoms with Gasteiger partial charge >= 0.3 is 0 Å². The van der Waals surface area contributed by atoms with Gasteiger partial charge in [0, 0.05) is 43.1 Å². The van der Waals surface area contributed by atoms with Crippen molar-refractivity contribution in [2.45, 2.75) is 38.5 Å². The van der Waals surface area contributed by atoms with Crippen LogP contribution in [0.15, 0.2) is 67.3 Å². The van der Waals surface area contributed by atoms with Gasteiger partial charge in [0.05, 0.1) is 17.8 Å². The van der Waals surface area contributed by atoms with Crippen molar-refractivity contribution in [1.29, 1.82) is 0 Å². The molecule has 1 aliphatic rings. The third kappa shape index (κ3) is 3.45. The monoisotopic (exact) mass is 377 g/mol. The lowest BCUT2D eigenvalue weighted by Crippen LogP contribution is -2.30. The molecule has 1 saturated heterocycles. The first-order chi connectivity index (χ1) is 13.1. The normalized spacial score (nSPS) is 19.5. The maximum absolute atomic E-state index is 5.74. The van der Waals surface area contributed by atoms with E-state index in [2.05, 4.69) is 63.0 Å². The van der Waals surface area contributed by atoms with Gasteiger partial charge in [0.15, 0.2) is 5.11 Å². The Hall–Kier alpha value is -2.73. The summed E-state index contributed by atoms with van der Waals surface area (Å²) in [4.78, 5) is 11.0. The zero-order valence-electron chi connectivity index (χ0n) is 15.5. The van der Waals surface area contributed by atoms with Crippen molar-refractivity contribution in [2.75, 3.05) is 0 Å². The Labute approximate surface area is 165 Å². The summed E-state index contributed by atoms with van der Waals surface area (Å²) in [7, 11) is 0. The number of nitrogens with zero attached hydrogens (tertiary/aromatic N) is 4. The maximum Gasteiger partial charge on any atom is 0.170 e. The van der Waals surface area contributed by atoms with Gasteiger partial charge in [-0.25, -0.2) is 0 Å². The number of hydrogen-bond acceptors (Lipinski definition) is 3. The third-order valence-corrected chi connectivity index (χ3v) is 5.32. The molecule has 0 spiro atoms. The van der Waals surface area contributed by atoms with E-state index in [1.807, 2.05) is 42.9 Å². The molecule has 4 heterocycles. The van der Waals surface area contributed by atoms with E-state index in [1.165, 1.54) is 11.3 Å². The second-order valence-electron chi connectivity index (χ2n) is 7.04. The van der Waals surface area contributed by atoms with Crippen LogP contribution in [-0.2, 0) is 6.54 Å². The van der Waals surface area contributed by atoms with E-state index in [4.69, 9.17) is 12.2 Å². The molecule has 3 aromatic heterocycles. The largest absolute Gasteiger partial charge is 0.352 e. The molecule has 5 nitrogen and oxygen atoms in total. The van der Waals surface area contributed by atoms with Crippen LogP contribution >= 0.6 is 12.2 Å². The molecule has 1 fully saturated rings. The molecule has 3 aromatic rings. The summed E-state index contributed by atoms with van der Waals surface area (Å²) >= 11 is 5.74. The summed E-state index contributed by atoms with van der Waals surface area (Å²) in [5, 5.41) is 4.26. The fourth-order valence-electron chi connectivity index (χ4n) is 3.71. The molecule has 2 atom stereocenters. The van der Waals surface area contributed by atoms with Crippen LogP contribution in [0.3, 0.4) is 0 Å². The topological polar surface area (TPSA) is 46.0 Å². The molecule has 0 saturated carbocycles. The van der Waals surface area contributed by atoms with Gasteiger partial charge in [0.2, 0.25) is 0 Å². The second kappa shape index (κ2) is 7.48. The molecular weight excluding hydrogens is 354 g/mol. The predicted octanol–water partition coefficient (Wildman–Crippen LogP) is 4.03. The molecule has 0 radical (unpaired) electrons. The van der Waals surface area contributed by atoms with Crippen molar-refractivity contribution in [1.82, 2.24) is 24.8 Å². The summed E-state index contributed by atoms with van der Waals surface area (Å²) in [5.41, 5.74) is 3.42. The fraction of sp³-hybridized carbons (Fsp3) is 0.286. The van der Waals surface area contributed by atoms with Crippen molar-refractivity contribution in [3.05, 3.63) is 84.2 Å². The average Bonchev–Trinajstić information content (AvgIpc) is 3.28. The highest BCUT2D eigenvalue weighted by Crippen LogP contribution is 2.40. The van der Waals surface area contributed by atoms with E-state index >= 15 is 0 Å². The molecule has 138 valence electrons. The zero-order chi connectivity index (χ0) is 18.8. The van der Waals surface area contributed by atoms with Gasteiger partial charge in [0.25, 0.3) is 0 Å². The number of aromatic nitrogens is 3. The van der Waals surface area contributed by atoms with E-state index in [1.54, 1.807) is 0 Å². The van der Waals surface area contributed by atoms with Crippen LogP contribution in [-0.4, -0.2) is 24.5 Å². The molecular formula is C21H23N5S. The SMILES string of the molecule is CC(C)n1cccc1[C@H]1[C@H](c2ccccn2)NC(=S)N1Cc1ccncc1. The summed E-state index contributed by atoms with van der Waals surface area (Å²) in [6, 6.07) is 14.8. The van der Waals surface area contributed by atoms with Gasteiger partial charge in [0.1, 0.15) is 0 Å². The highest BCUT2D eigenvalue weighted by molar-refractivity contribution is 7.80. The Morgan fingerprint density at radius 3 is 2.59 bits per heavy atom. The quantitative estimate of drug-likeness (QED) is 0.680. The minimum absolute atomic E-state index is 0.00735. The maximum atomic E-state index is 5.74. The van der Waals surface area contributed by atoms with Crippen LogP contribution < -0.4 is 5.32 Å². The zero-order valence-corrected chi connectivity index (χ0v) is 16.3. The Morgan fingerprint density at radius 1 is 1.07 bits per heavy atom. The average molecular weight is 378 g/mol. The molecule has 0 aromatic carbocycles. The smallest absolute Gasteiger partial charge is 0.170 e. The first kappa shape index (κ1) is 17.7. The summed E-state index contributed by atoms with van der Waals surface area (Å²) < 4.78 is 2.32. The van der Waals surface area contributed by atoms with Crippen molar-refractivity contribution in [3.8, 4) is 0 Å². The van der Waals surface area contributed by atoms with Crippen LogP contribution in [0, 0.1) is 0 Å². The molecule has 0 bridgehead atoms. The van der Waals surface area contributed by atoms with Crippen molar-refractivity contribution in [2.24, 2.45) is 0 Å². The standard InChI is InChI=1S/C21H23N5S/c1-15(2)25-13-5-7-18(25)20-19(17-6-3-4-10-23-17)24-21(27)26(20)14-16-8-11-22-12-9-16/h3-13,15,19-20H,14H2,1-2H3,(H,24,27)/t19-,20-/m0/s1. The Balaban J connectivity index is 1.77. The van der Waals surface area contributed by atoms with E-state index in [-0.39, 0.29) is 12.1 Å². The molecule has 6 heteroatoms. The highest BCUT2D eigenvalue weighted by atomic mass is 32.1. The van der Waals surface area contributed by atoms with Gasteiger partial charge < -0.3 is 14.8 Å². The van der Waals surface area contributed by atoms with E-state index in [9.17, 15) is 0 Å². The fourth-order valence-corrected chi connectivity index (χ4v) is 4.02. The van der Waals surface area contributed by atoms with E-state index < -0.39 is 0 Å². The van der Waals surface area contributed by atoms with Gasteiger partial charge in [-0.1, -0.05) is 6.07 Å². The third-order valence-electron chi connectivity index (χ3n) is 4.97. The van der Waals surface area contributed by atoms with Gasteiger partial charge in [-0.15, -0.1) is 0 Å². The van der Waals surface area contributed by atoms with Crippen LogP contribution in [0.2, 0.25) is 0 Å². The first-order valence-electron chi connectivity index (χ1n) is 9.19. The Kier molecular flexibility index (Phi) is 4.90. The van der Waals surface area contributed by atoms with Crippen molar-refractivity contribution < 1.29 is 0 Å². The molecule has 4 rings (SSSR count). The number of pyridine rings is 2. The van der Waals surface area contributed by atoms with Crippen LogP contribution in [0.1, 0.15) is 48.9 Å². The number of nitrogens with one attached hydrogen (secondary N) is 1. The first-order valence-corrected chi connectivity index (χ1v) is 9.59. The number of rotatable bonds is 5. The second-order valence-corrected chi connectivity index (χ2v) is 7.43. The molecule has 1 aliphatic heterocycles. The summed E-state index contributed by atoms with van der Waals surface area (Å²) in [6.07, 6.45) is 7.62. The number of hydrogen-bond donors (Lipinski definition) is 1. The predicted molar refractivity (Wildman–Crippen MR) is 110 cm³/mol. The molecule has 0 amide bonds. The van der Waals surface area contributed by atoms with Gasteiger partial charge in [-0.2, -0.15) is 0 Å². The lowest BCUT2D eigenvalue weighted by Gasteiger charge is -2.29. The van der Waals surface area contributed by atoms with Crippen LogP contribution in [0.25, 0.3) is 0 Å². The Bertz CT molecular complexity index is 907. The van der Waals surface area contributed by atoms with Crippen LogP contribution in [0.4, 0.5) is 0 Å². The molecule has 1 N–H and O–H groups in total. The summed E-state index contributed by atoms with van der Waals surface area (Å²) in [6.45, 7) is 5.13. The van der Waals surface area contributed by atoms with Crippen molar-refractivity contribution >= 4 is 17.3 Å². The molecule has 0 aliphatic carbocycles. The number of thiocarbonyl (C=S) groups is 1. The lowest BCUT2D eigenvalue weighted by molar-refractivity contribution is 0.293. The van der Waals surface area contributed by atoms with Crippen LogP contribution in [0.5, 0.6) is 0 Å². The minimum atomic E-state index is 0.00735. The summed E-state index contributed by atoms with van der Waals surface area (Å²) in [5.74, 6) is 0. The van der Waals surface area contributed by atoms with E-state index in [0.717, 1.165) is 17.4 Å². The van der Waals surface area contributed by atoms with Crippen molar-refractivity contribution in [3.63, 3.8) is 0 Å². The molecule has 0 unspecified atom stereocenters. The lowest BCUT2D eigenvalue weighted by atomic mass is 10.0. The highest BCUT2D eigenvalue weighted by Gasteiger charge is 2.41. The minimum Gasteiger partial charge on any atom is -0.352 e.